The lowest BCUT2D eigenvalue weighted by molar-refractivity contribution is -0.146. The minimum absolute atomic E-state index is 0.240. The number of rotatable bonds is 5. The molecule has 21 heavy (non-hydrogen) atoms. The van der Waals surface area contributed by atoms with Crippen LogP contribution in [0.3, 0.4) is 0 Å². The Hall–Kier alpha value is -1.62. The van der Waals surface area contributed by atoms with Gasteiger partial charge in [0.1, 0.15) is 11.8 Å². The zero-order chi connectivity index (χ0) is 16.2. The number of aromatic nitrogens is 1. The number of hydrogen-bond donors (Lipinski definition) is 1. The third-order valence-electron chi connectivity index (χ3n) is 3.53. The molecule has 1 atom stereocenters. The molecule has 0 aliphatic heterocycles. The molecule has 1 aromatic heterocycles. The van der Waals surface area contributed by atoms with E-state index in [2.05, 4.69) is 10.3 Å². The topological polar surface area (TPSA) is 60.5 Å². The molecular formula is C16H26N2O3. The SMILES string of the molecule is COC(=O)[C@H](NCc1ncc(C)c(OC)c1C)C(C)(C)C. The number of carbonyl (C=O) groups is 1. The first-order valence-electron chi connectivity index (χ1n) is 7.02. The first kappa shape index (κ1) is 17.4. The third kappa shape index (κ3) is 4.17. The second-order valence-electron chi connectivity index (χ2n) is 6.25. The molecule has 0 saturated heterocycles. The number of aryl methyl sites for hydroxylation is 1. The van der Waals surface area contributed by atoms with Gasteiger partial charge in [-0.15, -0.1) is 0 Å². The lowest BCUT2D eigenvalue weighted by atomic mass is 9.86. The summed E-state index contributed by atoms with van der Waals surface area (Å²) in [6, 6.07) is -0.393. The van der Waals surface area contributed by atoms with E-state index < -0.39 is 6.04 Å². The zero-order valence-corrected chi connectivity index (χ0v) is 14.0. The summed E-state index contributed by atoms with van der Waals surface area (Å²) >= 11 is 0. The van der Waals surface area contributed by atoms with Crippen LogP contribution in [-0.4, -0.2) is 31.2 Å². The number of nitrogens with one attached hydrogen (secondary N) is 1. The Morgan fingerprint density at radius 1 is 1.33 bits per heavy atom. The molecule has 118 valence electrons. The van der Waals surface area contributed by atoms with Crippen molar-refractivity contribution in [3.05, 3.63) is 23.0 Å². The van der Waals surface area contributed by atoms with Crippen molar-refractivity contribution in [1.82, 2.24) is 10.3 Å². The Morgan fingerprint density at radius 2 is 1.95 bits per heavy atom. The fourth-order valence-electron chi connectivity index (χ4n) is 2.31. The van der Waals surface area contributed by atoms with Crippen LogP contribution < -0.4 is 10.1 Å². The van der Waals surface area contributed by atoms with Crippen molar-refractivity contribution >= 4 is 5.97 Å². The van der Waals surface area contributed by atoms with E-state index in [-0.39, 0.29) is 11.4 Å². The van der Waals surface area contributed by atoms with E-state index in [9.17, 15) is 4.79 Å². The zero-order valence-electron chi connectivity index (χ0n) is 14.0. The summed E-state index contributed by atoms with van der Waals surface area (Å²) in [4.78, 5) is 16.3. The average molecular weight is 294 g/mol. The molecule has 0 amide bonds. The molecule has 0 saturated carbocycles. The van der Waals surface area contributed by atoms with E-state index in [4.69, 9.17) is 9.47 Å². The number of ether oxygens (including phenoxy) is 2. The van der Waals surface area contributed by atoms with Gasteiger partial charge in [0.15, 0.2) is 0 Å². The van der Waals surface area contributed by atoms with Crippen LogP contribution in [0.5, 0.6) is 5.75 Å². The van der Waals surface area contributed by atoms with Gasteiger partial charge in [-0.2, -0.15) is 0 Å². The van der Waals surface area contributed by atoms with Gasteiger partial charge in [-0.05, 0) is 19.3 Å². The van der Waals surface area contributed by atoms with E-state index in [1.807, 2.05) is 34.6 Å². The molecule has 5 nitrogen and oxygen atoms in total. The number of pyridine rings is 1. The van der Waals surface area contributed by atoms with Crippen molar-refractivity contribution in [3.63, 3.8) is 0 Å². The maximum absolute atomic E-state index is 11.9. The highest BCUT2D eigenvalue weighted by Gasteiger charge is 2.32. The van der Waals surface area contributed by atoms with Crippen LogP contribution in [0.2, 0.25) is 0 Å². The Kier molecular flexibility index (Phi) is 5.72. The Morgan fingerprint density at radius 3 is 2.43 bits per heavy atom. The van der Waals surface area contributed by atoms with Crippen LogP contribution in [-0.2, 0) is 16.1 Å². The van der Waals surface area contributed by atoms with Gasteiger partial charge in [-0.3, -0.25) is 15.1 Å². The lowest BCUT2D eigenvalue weighted by Crippen LogP contribution is -2.46. The van der Waals surface area contributed by atoms with E-state index in [0.717, 1.165) is 22.6 Å². The number of nitrogens with zero attached hydrogens (tertiary/aromatic N) is 1. The highest BCUT2D eigenvalue weighted by molar-refractivity contribution is 5.76. The van der Waals surface area contributed by atoms with E-state index in [0.29, 0.717) is 6.54 Å². The molecule has 1 heterocycles. The van der Waals surface area contributed by atoms with Gasteiger partial charge >= 0.3 is 5.97 Å². The van der Waals surface area contributed by atoms with Gasteiger partial charge in [0.05, 0.1) is 19.9 Å². The molecule has 0 aromatic carbocycles. The molecule has 1 aromatic rings. The second-order valence-corrected chi connectivity index (χ2v) is 6.25. The monoisotopic (exact) mass is 294 g/mol. The fourth-order valence-corrected chi connectivity index (χ4v) is 2.31. The van der Waals surface area contributed by atoms with E-state index in [1.54, 1.807) is 13.3 Å². The van der Waals surface area contributed by atoms with Crippen molar-refractivity contribution in [2.75, 3.05) is 14.2 Å². The molecule has 0 spiro atoms. The second kappa shape index (κ2) is 6.89. The smallest absolute Gasteiger partial charge is 0.323 e. The van der Waals surface area contributed by atoms with Crippen molar-refractivity contribution in [2.24, 2.45) is 5.41 Å². The third-order valence-corrected chi connectivity index (χ3v) is 3.53. The highest BCUT2D eigenvalue weighted by atomic mass is 16.5. The number of carbonyl (C=O) groups excluding carboxylic acids is 1. The summed E-state index contributed by atoms with van der Waals surface area (Å²) in [5, 5.41) is 3.25. The molecule has 1 N–H and O–H groups in total. The van der Waals surface area contributed by atoms with Gasteiger partial charge in [-0.25, -0.2) is 0 Å². The maximum Gasteiger partial charge on any atom is 0.323 e. The number of methoxy groups -OCH3 is 2. The van der Waals surface area contributed by atoms with Crippen molar-refractivity contribution in [2.45, 2.75) is 47.2 Å². The van der Waals surface area contributed by atoms with E-state index in [1.165, 1.54) is 7.11 Å². The molecular weight excluding hydrogens is 268 g/mol. The first-order valence-corrected chi connectivity index (χ1v) is 7.02. The first-order chi connectivity index (χ1) is 9.72. The summed E-state index contributed by atoms with van der Waals surface area (Å²) in [5.74, 6) is 0.575. The van der Waals surface area contributed by atoms with Crippen molar-refractivity contribution in [3.8, 4) is 5.75 Å². The van der Waals surface area contributed by atoms with Crippen LogP contribution >= 0.6 is 0 Å². The molecule has 0 radical (unpaired) electrons. The molecule has 5 heteroatoms. The molecule has 0 unspecified atom stereocenters. The molecule has 0 aliphatic carbocycles. The predicted molar refractivity (Wildman–Crippen MR) is 82.4 cm³/mol. The minimum atomic E-state index is -0.393. The molecule has 1 rings (SSSR count). The van der Waals surface area contributed by atoms with Gasteiger partial charge in [0, 0.05) is 23.9 Å². The predicted octanol–water partition coefficient (Wildman–Crippen LogP) is 2.38. The Balaban J connectivity index is 2.94. The lowest BCUT2D eigenvalue weighted by Gasteiger charge is -2.29. The minimum Gasteiger partial charge on any atom is -0.496 e. The van der Waals surface area contributed by atoms with Crippen molar-refractivity contribution < 1.29 is 14.3 Å². The molecule has 0 fully saturated rings. The Labute approximate surface area is 127 Å². The summed E-state index contributed by atoms with van der Waals surface area (Å²) in [6.45, 7) is 10.4. The summed E-state index contributed by atoms with van der Waals surface area (Å²) < 4.78 is 10.3. The average Bonchev–Trinajstić information content (AvgIpc) is 2.40. The van der Waals surface area contributed by atoms with Gasteiger partial charge in [0.25, 0.3) is 0 Å². The summed E-state index contributed by atoms with van der Waals surface area (Å²) in [7, 11) is 3.06. The van der Waals surface area contributed by atoms with Crippen LogP contribution in [0.4, 0.5) is 0 Å². The van der Waals surface area contributed by atoms with Crippen LogP contribution in [0.25, 0.3) is 0 Å². The molecule has 0 aliphatic rings. The Bertz CT molecular complexity index is 507. The molecule has 0 bridgehead atoms. The number of hydrogen-bond acceptors (Lipinski definition) is 5. The summed E-state index contributed by atoms with van der Waals surface area (Å²) in [6.07, 6.45) is 1.78. The van der Waals surface area contributed by atoms with Crippen LogP contribution in [0.1, 0.15) is 37.6 Å². The standard InChI is InChI=1S/C16H26N2O3/c1-10-8-17-12(11(2)13(10)20-6)9-18-14(15(19)21-7)16(3,4)5/h8,14,18H,9H2,1-7H3/t14-/m0/s1. The quantitative estimate of drug-likeness (QED) is 0.845. The van der Waals surface area contributed by atoms with Crippen molar-refractivity contribution in [1.29, 1.82) is 0 Å². The maximum atomic E-state index is 11.9. The van der Waals surface area contributed by atoms with Gasteiger partial charge in [-0.1, -0.05) is 20.8 Å². The summed E-state index contributed by atoms with van der Waals surface area (Å²) in [5.41, 5.74) is 2.62. The normalized spacial score (nSPS) is 12.9. The van der Waals surface area contributed by atoms with Crippen LogP contribution in [0.15, 0.2) is 6.20 Å². The number of esters is 1. The fraction of sp³-hybridized carbons (Fsp3) is 0.625. The van der Waals surface area contributed by atoms with Gasteiger partial charge in [0.2, 0.25) is 0 Å². The van der Waals surface area contributed by atoms with Crippen LogP contribution in [0, 0.1) is 19.3 Å². The van der Waals surface area contributed by atoms with E-state index >= 15 is 0 Å². The largest absolute Gasteiger partial charge is 0.496 e. The van der Waals surface area contributed by atoms with Gasteiger partial charge < -0.3 is 9.47 Å². The highest BCUT2D eigenvalue weighted by Crippen LogP contribution is 2.25.